The molecule has 4 aromatic rings. The second-order valence-corrected chi connectivity index (χ2v) is 6.56. The molecule has 0 saturated carbocycles. The van der Waals surface area contributed by atoms with Crippen LogP contribution in [0, 0.1) is 6.92 Å². The molecule has 5 nitrogen and oxygen atoms in total. The van der Waals surface area contributed by atoms with E-state index in [1.54, 1.807) is 13.3 Å². The highest BCUT2D eigenvalue weighted by Crippen LogP contribution is 2.39. The van der Waals surface area contributed by atoms with Gasteiger partial charge in [0.1, 0.15) is 22.8 Å². The van der Waals surface area contributed by atoms with E-state index in [9.17, 15) is 5.11 Å². The van der Waals surface area contributed by atoms with Crippen molar-refractivity contribution in [2.75, 3.05) is 12.4 Å². The van der Waals surface area contributed by atoms with Crippen molar-refractivity contribution in [1.82, 2.24) is 9.97 Å². The Hall–Kier alpha value is -3.60. The summed E-state index contributed by atoms with van der Waals surface area (Å²) < 4.78 is 5.58. The fourth-order valence-corrected chi connectivity index (χ4v) is 3.38. The molecule has 0 aliphatic heterocycles. The summed E-state index contributed by atoms with van der Waals surface area (Å²) in [4.78, 5) is 8.92. The maximum Gasteiger partial charge on any atom is 0.147 e. The van der Waals surface area contributed by atoms with E-state index in [0.29, 0.717) is 11.1 Å². The van der Waals surface area contributed by atoms with Gasteiger partial charge in [0.2, 0.25) is 0 Å². The molecule has 2 aromatic carbocycles. The smallest absolute Gasteiger partial charge is 0.147 e. The molecule has 2 N–H and O–H groups in total. The van der Waals surface area contributed by atoms with Crippen molar-refractivity contribution in [1.29, 1.82) is 0 Å². The Morgan fingerprint density at radius 2 is 1.79 bits per heavy atom. The normalized spacial score (nSPS) is 11.9. The standard InChI is InChI=1S/C23H21N3O2/c1-15-7-5-11-20(25-15)26-22(17-9-3-4-10-19(17)28-2)18-13-12-16-8-6-14-24-21(16)23(18)27/h3-14,22,27H,1-2H3,(H,25,26)/t22-/m1/s1. The zero-order chi connectivity index (χ0) is 19.5. The number of aromatic hydroxyl groups is 1. The number of rotatable bonds is 5. The number of benzene rings is 2. The van der Waals surface area contributed by atoms with E-state index >= 15 is 0 Å². The molecular formula is C23H21N3O2. The molecule has 0 aliphatic carbocycles. The van der Waals surface area contributed by atoms with Crippen LogP contribution in [-0.2, 0) is 0 Å². The van der Waals surface area contributed by atoms with Gasteiger partial charge >= 0.3 is 0 Å². The summed E-state index contributed by atoms with van der Waals surface area (Å²) in [6.07, 6.45) is 1.68. The number of fused-ring (bicyclic) bond motifs is 1. The van der Waals surface area contributed by atoms with E-state index in [4.69, 9.17) is 4.74 Å². The number of ether oxygens (including phenoxy) is 1. The second-order valence-electron chi connectivity index (χ2n) is 6.56. The Morgan fingerprint density at radius 3 is 2.61 bits per heavy atom. The van der Waals surface area contributed by atoms with Crippen LogP contribution in [0.3, 0.4) is 0 Å². The number of anilines is 1. The zero-order valence-corrected chi connectivity index (χ0v) is 15.8. The summed E-state index contributed by atoms with van der Waals surface area (Å²) in [5, 5.41) is 15.4. The van der Waals surface area contributed by atoms with Crippen molar-refractivity contribution >= 4 is 16.7 Å². The van der Waals surface area contributed by atoms with Crippen LogP contribution in [0.4, 0.5) is 5.82 Å². The average Bonchev–Trinajstić information content (AvgIpc) is 2.73. The third-order valence-corrected chi connectivity index (χ3v) is 4.72. The maximum absolute atomic E-state index is 11.0. The molecule has 0 bridgehead atoms. The van der Waals surface area contributed by atoms with Crippen molar-refractivity contribution in [3.8, 4) is 11.5 Å². The predicted molar refractivity (Wildman–Crippen MR) is 111 cm³/mol. The molecule has 28 heavy (non-hydrogen) atoms. The minimum atomic E-state index is -0.364. The fourth-order valence-electron chi connectivity index (χ4n) is 3.38. The number of aromatic nitrogens is 2. The predicted octanol–water partition coefficient (Wildman–Crippen LogP) is 4.85. The summed E-state index contributed by atoms with van der Waals surface area (Å²) in [5.41, 5.74) is 3.09. The number of para-hydroxylation sites is 1. The number of pyridine rings is 2. The summed E-state index contributed by atoms with van der Waals surface area (Å²) in [5.74, 6) is 1.60. The quantitative estimate of drug-likeness (QED) is 0.525. The lowest BCUT2D eigenvalue weighted by atomic mass is 9.95. The molecule has 0 unspecified atom stereocenters. The maximum atomic E-state index is 11.0. The number of hydrogen-bond acceptors (Lipinski definition) is 5. The van der Waals surface area contributed by atoms with Gasteiger partial charge in [-0.1, -0.05) is 42.5 Å². The lowest BCUT2D eigenvalue weighted by Gasteiger charge is -2.23. The summed E-state index contributed by atoms with van der Waals surface area (Å²) >= 11 is 0. The SMILES string of the molecule is COc1ccccc1[C@@H](Nc1cccc(C)n1)c1ccc2cccnc2c1O. The fraction of sp³-hybridized carbons (Fsp3) is 0.130. The highest BCUT2D eigenvalue weighted by Gasteiger charge is 2.23. The molecule has 2 heterocycles. The topological polar surface area (TPSA) is 67.3 Å². The largest absolute Gasteiger partial charge is 0.505 e. The van der Waals surface area contributed by atoms with Gasteiger partial charge in [0, 0.05) is 28.4 Å². The first-order valence-corrected chi connectivity index (χ1v) is 9.07. The third kappa shape index (κ3) is 3.34. The van der Waals surface area contributed by atoms with Crippen molar-refractivity contribution < 1.29 is 9.84 Å². The van der Waals surface area contributed by atoms with Gasteiger partial charge in [-0.05, 0) is 31.2 Å². The lowest BCUT2D eigenvalue weighted by Crippen LogP contribution is -2.15. The Balaban J connectivity index is 1.89. The summed E-state index contributed by atoms with van der Waals surface area (Å²) in [7, 11) is 1.64. The van der Waals surface area contributed by atoms with Crippen LogP contribution in [0.2, 0.25) is 0 Å². The molecule has 5 heteroatoms. The third-order valence-electron chi connectivity index (χ3n) is 4.72. The number of phenolic OH excluding ortho intramolecular Hbond substituents is 1. The molecule has 0 fully saturated rings. The highest BCUT2D eigenvalue weighted by atomic mass is 16.5. The second kappa shape index (κ2) is 7.56. The Labute approximate surface area is 163 Å². The van der Waals surface area contributed by atoms with Gasteiger partial charge in [-0.15, -0.1) is 0 Å². The number of nitrogens with zero attached hydrogens (tertiary/aromatic N) is 2. The van der Waals surface area contributed by atoms with E-state index in [0.717, 1.165) is 28.2 Å². The molecule has 0 spiro atoms. The first-order valence-electron chi connectivity index (χ1n) is 9.07. The Bertz CT molecular complexity index is 1130. The summed E-state index contributed by atoms with van der Waals surface area (Å²) in [6, 6.07) is 20.9. The van der Waals surface area contributed by atoms with Crippen LogP contribution in [0.5, 0.6) is 11.5 Å². The first kappa shape index (κ1) is 17.8. The number of hydrogen-bond donors (Lipinski definition) is 2. The zero-order valence-electron chi connectivity index (χ0n) is 15.8. The first-order chi connectivity index (χ1) is 13.7. The highest BCUT2D eigenvalue weighted by molar-refractivity contribution is 5.86. The van der Waals surface area contributed by atoms with Crippen molar-refractivity contribution in [3.63, 3.8) is 0 Å². The summed E-state index contributed by atoms with van der Waals surface area (Å²) in [6.45, 7) is 1.95. The van der Waals surface area contributed by atoms with E-state index in [1.807, 2.05) is 73.7 Å². The van der Waals surface area contributed by atoms with Crippen LogP contribution >= 0.6 is 0 Å². The Morgan fingerprint density at radius 1 is 0.929 bits per heavy atom. The van der Waals surface area contributed by atoms with E-state index in [1.165, 1.54) is 0 Å². The van der Waals surface area contributed by atoms with Crippen molar-refractivity contribution in [3.05, 3.63) is 89.7 Å². The minimum Gasteiger partial charge on any atom is -0.505 e. The average molecular weight is 371 g/mol. The Kier molecular flexibility index (Phi) is 4.81. The molecule has 1 atom stereocenters. The van der Waals surface area contributed by atoms with Gasteiger partial charge < -0.3 is 15.2 Å². The number of phenols is 1. The van der Waals surface area contributed by atoms with Crippen molar-refractivity contribution in [2.45, 2.75) is 13.0 Å². The lowest BCUT2D eigenvalue weighted by molar-refractivity contribution is 0.408. The van der Waals surface area contributed by atoms with Gasteiger partial charge in [0.25, 0.3) is 0 Å². The molecule has 0 saturated heterocycles. The minimum absolute atomic E-state index is 0.147. The van der Waals surface area contributed by atoms with Gasteiger partial charge in [-0.3, -0.25) is 4.98 Å². The number of methoxy groups -OCH3 is 1. The number of aryl methyl sites for hydroxylation is 1. The van der Waals surface area contributed by atoms with E-state index < -0.39 is 0 Å². The van der Waals surface area contributed by atoms with Crippen LogP contribution in [-0.4, -0.2) is 22.2 Å². The van der Waals surface area contributed by atoms with Crippen LogP contribution in [0.25, 0.3) is 10.9 Å². The van der Waals surface area contributed by atoms with Gasteiger partial charge in [0.05, 0.1) is 13.2 Å². The monoisotopic (exact) mass is 371 g/mol. The van der Waals surface area contributed by atoms with Gasteiger partial charge in [0.15, 0.2) is 0 Å². The van der Waals surface area contributed by atoms with E-state index in [-0.39, 0.29) is 11.8 Å². The molecule has 140 valence electrons. The van der Waals surface area contributed by atoms with Gasteiger partial charge in [-0.25, -0.2) is 4.98 Å². The van der Waals surface area contributed by atoms with Crippen LogP contribution in [0.15, 0.2) is 72.9 Å². The molecular weight excluding hydrogens is 350 g/mol. The van der Waals surface area contributed by atoms with Crippen LogP contribution in [0.1, 0.15) is 22.9 Å². The van der Waals surface area contributed by atoms with Crippen molar-refractivity contribution in [2.24, 2.45) is 0 Å². The molecule has 4 rings (SSSR count). The molecule has 2 aromatic heterocycles. The van der Waals surface area contributed by atoms with Gasteiger partial charge in [-0.2, -0.15) is 0 Å². The molecule has 0 aliphatic rings. The molecule has 0 radical (unpaired) electrons. The number of nitrogens with one attached hydrogen (secondary N) is 1. The van der Waals surface area contributed by atoms with E-state index in [2.05, 4.69) is 15.3 Å². The van der Waals surface area contributed by atoms with Crippen LogP contribution < -0.4 is 10.1 Å². The molecule has 0 amide bonds.